The van der Waals surface area contributed by atoms with Crippen molar-refractivity contribution in [3.05, 3.63) is 0 Å². The number of hydrogen-bond acceptors (Lipinski definition) is 4. The second-order valence-corrected chi connectivity index (χ2v) is 15.1. The van der Waals surface area contributed by atoms with Crippen LogP contribution in [-0.4, -0.2) is 35.0 Å². The number of fused-ring (bicyclic) bond motifs is 4. The van der Waals surface area contributed by atoms with Crippen molar-refractivity contribution in [2.75, 3.05) is 0 Å². The third-order valence-corrected chi connectivity index (χ3v) is 13.5. The number of aliphatic hydroxyl groups is 1. The largest absolute Gasteiger partial charge is 0.457 e. The second-order valence-electron chi connectivity index (χ2n) is 15.1. The van der Waals surface area contributed by atoms with E-state index in [0.29, 0.717) is 33.5 Å². The average Bonchev–Trinajstić information content (AvgIpc) is 3.34. The minimum atomic E-state index is -0.569. The molecule has 5 saturated carbocycles. The number of aliphatic hydroxyl groups excluding tert-OH is 1. The molecular formula is C30H48O4. The Kier molecular flexibility index (Phi) is 4.77. The Hall–Kier alpha value is -0.610. The number of rotatable bonds is 2. The summed E-state index contributed by atoms with van der Waals surface area (Å²) >= 11 is 0. The van der Waals surface area contributed by atoms with Crippen LogP contribution < -0.4 is 0 Å². The van der Waals surface area contributed by atoms with Crippen molar-refractivity contribution in [2.45, 2.75) is 137 Å². The molecule has 0 aromatic carbocycles. The Bertz CT molecular complexity index is 894. The highest BCUT2D eigenvalue weighted by Crippen LogP contribution is 2.89. The standard InChI is InChI=1S/C30H48O4/c1-18(31)34-26(4,5)24-11-8-19-20(33-24)16-28(7)22-10-9-21-25(2,3)23(32)12-13-29(21)17-30(22,29)15-14-27(19,28)6/h19-24,32H,8-17H2,1-7H3. The minimum Gasteiger partial charge on any atom is -0.457 e. The van der Waals surface area contributed by atoms with E-state index in [-0.39, 0.29) is 29.7 Å². The van der Waals surface area contributed by atoms with E-state index >= 15 is 0 Å². The smallest absolute Gasteiger partial charge is 0.303 e. The Morgan fingerprint density at radius 2 is 1.59 bits per heavy atom. The minimum absolute atomic E-state index is 0.0115. The van der Waals surface area contributed by atoms with Crippen molar-refractivity contribution in [1.82, 2.24) is 0 Å². The van der Waals surface area contributed by atoms with E-state index in [2.05, 4.69) is 27.7 Å². The van der Waals surface area contributed by atoms with Gasteiger partial charge in [0.15, 0.2) is 0 Å². The summed E-state index contributed by atoms with van der Waals surface area (Å²) in [5.41, 5.74) is 1.13. The fraction of sp³-hybridized carbons (Fsp3) is 0.967. The molecule has 10 atom stereocenters. The summed E-state index contributed by atoms with van der Waals surface area (Å²) in [5.74, 6) is 1.88. The molecule has 0 aromatic heterocycles. The molecule has 5 aliphatic carbocycles. The van der Waals surface area contributed by atoms with Crippen LogP contribution in [0.3, 0.4) is 0 Å². The lowest BCUT2D eigenvalue weighted by atomic mass is 9.42. The van der Waals surface area contributed by atoms with Gasteiger partial charge >= 0.3 is 5.97 Å². The predicted octanol–water partition coefficient (Wildman–Crippen LogP) is 6.29. The van der Waals surface area contributed by atoms with Crippen LogP contribution in [0.1, 0.15) is 113 Å². The molecule has 0 radical (unpaired) electrons. The first-order valence-corrected chi connectivity index (χ1v) is 14.3. The topological polar surface area (TPSA) is 55.8 Å². The summed E-state index contributed by atoms with van der Waals surface area (Å²) in [4.78, 5) is 11.7. The highest BCUT2D eigenvalue weighted by molar-refractivity contribution is 5.66. The number of ether oxygens (including phenoxy) is 2. The van der Waals surface area contributed by atoms with E-state index in [4.69, 9.17) is 9.47 Å². The van der Waals surface area contributed by atoms with Gasteiger partial charge in [0.2, 0.25) is 0 Å². The van der Waals surface area contributed by atoms with Crippen molar-refractivity contribution in [1.29, 1.82) is 0 Å². The van der Waals surface area contributed by atoms with Crippen LogP contribution in [-0.2, 0) is 14.3 Å². The maximum atomic E-state index is 11.7. The predicted molar refractivity (Wildman–Crippen MR) is 132 cm³/mol. The first-order valence-electron chi connectivity index (χ1n) is 14.3. The van der Waals surface area contributed by atoms with Crippen LogP contribution in [0.2, 0.25) is 0 Å². The highest BCUT2D eigenvalue weighted by atomic mass is 16.6. The molecule has 6 rings (SSSR count). The van der Waals surface area contributed by atoms with Gasteiger partial charge in [0.1, 0.15) is 5.60 Å². The molecule has 0 aromatic rings. The fourth-order valence-electron chi connectivity index (χ4n) is 11.7. The van der Waals surface area contributed by atoms with Gasteiger partial charge in [0, 0.05) is 6.92 Å². The summed E-state index contributed by atoms with van der Waals surface area (Å²) in [6, 6.07) is 0. The zero-order chi connectivity index (χ0) is 24.5. The van der Waals surface area contributed by atoms with E-state index < -0.39 is 5.60 Å². The third-order valence-electron chi connectivity index (χ3n) is 13.5. The summed E-state index contributed by atoms with van der Waals surface area (Å²) < 4.78 is 12.6. The third kappa shape index (κ3) is 2.66. The van der Waals surface area contributed by atoms with Crippen LogP contribution in [0.15, 0.2) is 0 Å². The molecule has 1 N–H and O–H groups in total. The normalized spacial score (nSPS) is 55.2. The van der Waals surface area contributed by atoms with Gasteiger partial charge in [0.05, 0.1) is 18.3 Å². The first kappa shape index (κ1) is 23.8. The maximum Gasteiger partial charge on any atom is 0.303 e. The van der Waals surface area contributed by atoms with Crippen molar-refractivity contribution in [3.8, 4) is 0 Å². The second kappa shape index (κ2) is 6.82. The molecule has 2 spiro atoms. The molecule has 1 saturated heterocycles. The molecule has 0 bridgehead atoms. The monoisotopic (exact) mass is 472 g/mol. The van der Waals surface area contributed by atoms with Gasteiger partial charge in [-0.15, -0.1) is 0 Å². The maximum absolute atomic E-state index is 11.7. The van der Waals surface area contributed by atoms with Gasteiger partial charge in [-0.1, -0.05) is 27.7 Å². The van der Waals surface area contributed by atoms with Gasteiger partial charge in [-0.2, -0.15) is 0 Å². The lowest BCUT2D eigenvalue weighted by molar-refractivity contribution is -0.193. The van der Waals surface area contributed by atoms with Crippen LogP contribution >= 0.6 is 0 Å². The first-order chi connectivity index (χ1) is 15.7. The van der Waals surface area contributed by atoms with Gasteiger partial charge < -0.3 is 14.6 Å². The van der Waals surface area contributed by atoms with Crippen molar-refractivity contribution >= 4 is 5.97 Å². The van der Waals surface area contributed by atoms with E-state index in [1.165, 1.54) is 58.3 Å². The molecule has 1 aliphatic heterocycles. The molecule has 6 aliphatic rings. The molecule has 4 heteroatoms. The van der Waals surface area contributed by atoms with Crippen molar-refractivity contribution in [2.24, 2.45) is 44.8 Å². The SMILES string of the molecule is CC(=O)OC(C)(C)C1CCC2C(CC3(C)C4CCC5C(C)(C)C(O)CCC56CC46CCC23C)O1. The molecule has 4 nitrogen and oxygen atoms in total. The van der Waals surface area contributed by atoms with Crippen molar-refractivity contribution < 1.29 is 19.4 Å². The highest BCUT2D eigenvalue weighted by Gasteiger charge is 2.82. The molecule has 10 unspecified atom stereocenters. The molecule has 0 amide bonds. The summed E-state index contributed by atoms with van der Waals surface area (Å²) in [7, 11) is 0. The van der Waals surface area contributed by atoms with E-state index in [1.807, 2.05) is 13.8 Å². The lowest BCUT2D eigenvalue weighted by Crippen LogP contribution is -2.57. The van der Waals surface area contributed by atoms with Crippen LogP contribution in [0.5, 0.6) is 0 Å². The van der Waals surface area contributed by atoms with E-state index in [0.717, 1.165) is 18.8 Å². The van der Waals surface area contributed by atoms with Gasteiger partial charge in [0.25, 0.3) is 0 Å². The zero-order valence-corrected chi connectivity index (χ0v) is 22.7. The van der Waals surface area contributed by atoms with Gasteiger partial charge in [-0.3, -0.25) is 4.79 Å². The number of hydrogen-bond donors (Lipinski definition) is 1. The van der Waals surface area contributed by atoms with Crippen molar-refractivity contribution in [3.63, 3.8) is 0 Å². The van der Waals surface area contributed by atoms with Gasteiger partial charge in [-0.25, -0.2) is 0 Å². The van der Waals surface area contributed by atoms with Crippen LogP contribution in [0, 0.1) is 44.8 Å². The van der Waals surface area contributed by atoms with Crippen LogP contribution in [0.25, 0.3) is 0 Å². The Labute approximate surface area is 206 Å². The Balaban J connectivity index is 1.29. The number of carbonyl (C=O) groups is 1. The molecular weight excluding hydrogens is 424 g/mol. The average molecular weight is 473 g/mol. The fourth-order valence-corrected chi connectivity index (χ4v) is 11.7. The number of carbonyl (C=O) groups excluding carboxylic acids is 1. The zero-order valence-electron chi connectivity index (χ0n) is 22.7. The summed E-state index contributed by atoms with van der Waals surface area (Å²) in [5, 5.41) is 10.9. The van der Waals surface area contributed by atoms with Gasteiger partial charge in [-0.05, 0) is 123 Å². The quantitative estimate of drug-likeness (QED) is 0.480. The summed E-state index contributed by atoms with van der Waals surface area (Å²) in [6.07, 6.45) is 12.5. The molecule has 34 heavy (non-hydrogen) atoms. The summed E-state index contributed by atoms with van der Waals surface area (Å²) in [6.45, 7) is 15.5. The van der Waals surface area contributed by atoms with E-state index in [1.54, 1.807) is 0 Å². The molecule has 1 heterocycles. The van der Waals surface area contributed by atoms with Crippen LogP contribution in [0.4, 0.5) is 0 Å². The molecule has 6 fully saturated rings. The molecule has 192 valence electrons. The number of esters is 1. The van der Waals surface area contributed by atoms with E-state index in [9.17, 15) is 9.90 Å². The lowest BCUT2D eigenvalue weighted by Gasteiger charge is -2.63. The Morgan fingerprint density at radius 1 is 0.912 bits per heavy atom. The Morgan fingerprint density at radius 3 is 2.29 bits per heavy atom.